The summed E-state index contributed by atoms with van der Waals surface area (Å²) in [7, 11) is 0. The van der Waals surface area contributed by atoms with Crippen LogP contribution in [0.15, 0.2) is 60.3 Å². The van der Waals surface area contributed by atoms with Gasteiger partial charge in [-0.2, -0.15) is 0 Å². The van der Waals surface area contributed by atoms with Gasteiger partial charge in [0, 0.05) is 26.4 Å². The third-order valence-corrected chi connectivity index (χ3v) is 16.9. The Morgan fingerprint density at radius 2 is 0.711 bits per heavy atom. The molecule has 0 aromatic heterocycles. The van der Waals surface area contributed by atoms with E-state index in [0.717, 1.165) is 61.7 Å². The van der Waals surface area contributed by atoms with Gasteiger partial charge < -0.3 is 20.4 Å². The molecule has 4 heteroatoms. The maximum absolute atomic E-state index is 9.07. The summed E-state index contributed by atoms with van der Waals surface area (Å²) in [6, 6.07) is 0. The van der Waals surface area contributed by atoms with Crippen LogP contribution in [-0.2, 0) is 0 Å². The first kappa shape index (κ1) is 74.5. The molecule has 1 aliphatic carbocycles. The molecule has 0 amide bonds. The molecule has 5 unspecified atom stereocenters. The van der Waals surface area contributed by atoms with Crippen molar-refractivity contribution in [2.45, 2.75) is 342 Å². The fraction of sp³-hybridized carbons (Fsp3) is 0.861. The molecule has 4 N–H and O–H groups in total. The SMILES string of the molecule is CCCCC/C=C/CC1C(CCCCCC)C=CC(CCCCCCCCO)C1CCCCCCCCO.CCCCC/C=C\C/C=C(/CCCCCCCCO)C(CC/C=C/CCCCC)CCCCCCCCO. The highest BCUT2D eigenvalue weighted by atomic mass is 16.3. The van der Waals surface area contributed by atoms with Gasteiger partial charge in [-0.15, -0.1) is 0 Å². The van der Waals surface area contributed by atoms with Crippen LogP contribution in [-0.4, -0.2) is 46.9 Å². The second-order valence-corrected chi connectivity index (χ2v) is 23.8. The lowest BCUT2D eigenvalue weighted by molar-refractivity contribution is 0.159. The molecule has 0 saturated heterocycles. The Hall–Kier alpha value is -1.46. The van der Waals surface area contributed by atoms with Crippen molar-refractivity contribution in [2.75, 3.05) is 26.4 Å². The summed E-state index contributed by atoms with van der Waals surface area (Å²) >= 11 is 0. The summed E-state index contributed by atoms with van der Waals surface area (Å²) in [5.41, 5.74) is 1.73. The van der Waals surface area contributed by atoms with Crippen LogP contribution in [0.5, 0.6) is 0 Å². The fourth-order valence-corrected chi connectivity index (χ4v) is 12.0. The zero-order chi connectivity index (χ0) is 55.3. The maximum Gasteiger partial charge on any atom is 0.0431 e. The van der Waals surface area contributed by atoms with Crippen molar-refractivity contribution >= 4 is 0 Å². The average molecular weight is 1070 g/mol. The maximum atomic E-state index is 9.07. The van der Waals surface area contributed by atoms with E-state index in [0.29, 0.717) is 26.4 Å². The van der Waals surface area contributed by atoms with Crippen molar-refractivity contribution in [2.24, 2.45) is 29.6 Å². The largest absolute Gasteiger partial charge is 0.396 e. The molecule has 0 saturated carbocycles. The molecule has 1 aliphatic rings. The van der Waals surface area contributed by atoms with Crippen LogP contribution in [0, 0.1) is 29.6 Å². The lowest BCUT2D eigenvalue weighted by Gasteiger charge is -2.40. The Balaban J connectivity index is 0.00000148. The highest BCUT2D eigenvalue weighted by Crippen LogP contribution is 2.44. The molecule has 5 atom stereocenters. The van der Waals surface area contributed by atoms with Gasteiger partial charge in [0.2, 0.25) is 0 Å². The molecular weight excluding hydrogens is 929 g/mol. The molecule has 0 aromatic rings. The second kappa shape index (κ2) is 62.7. The molecule has 0 radical (unpaired) electrons. The lowest BCUT2D eigenvalue weighted by atomic mass is 9.65. The summed E-state index contributed by atoms with van der Waals surface area (Å²) in [6.07, 6.45) is 85.4. The molecular formula is C72H136O4. The third kappa shape index (κ3) is 48.4. The minimum atomic E-state index is 0.342. The van der Waals surface area contributed by atoms with Crippen molar-refractivity contribution in [1.29, 1.82) is 0 Å². The summed E-state index contributed by atoms with van der Waals surface area (Å²) in [5, 5.41) is 36.1. The first-order valence-corrected chi connectivity index (χ1v) is 34.3. The van der Waals surface area contributed by atoms with E-state index in [2.05, 4.69) is 82.4 Å². The van der Waals surface area contributed by atoms with Gasteiger partial charge in [-0.1, -0.05) is 274 Å². The third-order valence-electron chi connectivity index (χ3n) is 16.9. The first-order chi connectivity index (χ1) is 37.6. The van der Waals surface area contributed by atoms with Crippen LogP contribution < -0.4 is 0 Å². The molecule has 0 heterocycles. The number of aliphatic hydroxyl groups excluding tert-OH is 4. The van der Waals surface area contributed by atoms with Crippen LogP contribution in [0.1, 0.15) is 342 Å². The standard InChI is InChI=1S/2C36H68O2/c1-3-5-7-9-15-21-27-35-33(25-19-8-6-4-2)29-30-34(26-20-14-10-12-17-23-31-37)36(35)28-22-16-11-13-18-24-32-38;1-3-5-7-9-11-17-23-29-35(31-25-19-13-15-21-27-33-37)36(30-24-18-12-10-8-6-4-2)32-26-20-14-16-22-28-34-38/h15,21,29-30,33-38H,3-14,16-20,22-28,31-32H2,1-2H3;11-12,17-18,29,36-38H,3-10,13-16,19-28,30-34H2,1-2H3/b21-15+;17-11-,18-12+,35-29-. The predicted octanol–water partition coefficient (Wildman–Crippen LogP) is 22.4. The molecule has 76 heavy (non-hydrogen) atoms. The molecule has 4 nitrogen and oxygen atoms in total. The van der Waals surface area contributed by atoms with Crippen molar-refractivity contribution in [3.05, 3.63) is 60.3 Å². The van der Waals surface area contributed by atoms with Crippen LogP contribution in [0.4, 0.5) is 0 Å². The highest BCUT2D eigenvalue weighted by Gasteiger charge is 2.34. The molecule has 1 rings (SSSR count). The van der Waals surface area contributed by atoms with E-state index in [9.17, 15) is 0 Å². The molecule has 0 aliphatic heterocycles. The van der Waals surface area contributed by atoms with Gasteiger partial charge in [0.05, 0.1) is 0 Å². The van der Waals surface area contributed by atoms with Gasteiger partial charge in [0.25, 0.3) is 0 Å². The van der Waals surface area contributed by atoms with E-state index < -0.39 is 0 Å². The number of allylic oxidation sites excluding steroid dienone is 10. The Labute approximate surface area is 476 Å². The number of hydrogen-bond acceptors (Lipinski definition) is 4. The van der Waals surface area contributed by atoms with E-state index in [1.165, 1.54) is 283 Å². The zero-order valence-electron chi connectivity index (χ0n) is 51.8. The fourth-order valence-electron chi connectivity index (χ4n) is 12.0. The van der Waals surface area contributed by atoms with Gasteiger partial charge in [-0.3, -0.25) is 0 Å². The monoisotopic (exact) mass is 1070 g/mol. The quantitative estimate of drug-likeness (QED) is 0.0361. The van der Waals surface area contributed by atoms with E-state index >= 15 is 0 Å². The zero-order valence-corrected chi connectivity index (χ0v) is 51.8. The van der Waals surface area contributed by atoms with Gasteiger partial charge in [0.15, 0.2) is 0 Å². The lowest BCUT2D eigenvalue weighted by Crippen LogP contribution is -2.31. The van der Waals surface area contributed by atoms with Gasteiger partial charge in [-0.25, -0.2) is 0 Å². The van der Waals surface area contributed by atoms with Crippen molar-refractivity contribution in [1.82, 2.24) is 0 Å². The summed E-state index contributed by atoms with van der Waals surface area (Å²) in [5.74, 6) is 3.95. The van der Waals surface area contributed by atoms with E-state index in [4.69, 9.17) is 20.4 Å². The van der Waals surface area contributed by atoms with E-state index in [1.54, 1.807) is 5.57 Å². The number of aliphatic hydroxyl groups is 4. The first-order valence-electron chi connectivity index (χ1n) is 34.3. The predicted molar refractivity (Wildman–Crippen MR) is 339 cm³/mol. The smallest absolute Gasteiger partial charge is 0.0431 e. The van der Waals surface area contributed by atoms with Crippen LogP contribution >= 0.6 is 0 Å². The average Bonchev–Trinajstić information content (AvgIpc) is 3.43. The Bertz CT molecular complexity index is 1260. The molecule has 0 bridgehead atoms. The summed E-state index contributed by atoms with van der Waals surface area (Å²) in [4.78, 5) is 0. The minimum absolute atomic E-state index is 0.342. The van der Waals surface area contributed by atoms with Crippen molar-refractivity contribution in [3.63, 3.8) is 0 Å². The van der Waals surface area contributed by atoms with Crippen LogP contribution in [0.2, 0.25) is 0 Å². The van der Waals surface area contributed by atoms with E-state index in [1.807, 2.05) is 0 Å². The van der Waals surface area contributed by atoms with Gasteiger partial charge >= 0.3 is 0 Å². The van der Waals surface area contributed by atoms with Crippen molar-refractivity contribution < 1.29 is 20.4 Å². The normalized spacial score (nSPS) is 17.4. The molecule has 448 valence electrons. The number of unbranched alkanes of at least 4 members (excludes halogenated alkanes) is 32. The molecule has 0 aromatic carbocycles. The Morgan fingerprint density at radius 1 is 0.342 bits per heavy atom. The topological polar surface area (TPSA) is 80.9 Å². The Morgan fingerprint density at radius 3 is 1.20 bits per heavy atom. The number of hydrogen-bond donors (Lipinski definition) is 4. The van der Waals surface area contributed by atoms with E-state index in [-0.39, 0.29) is 0 Å². The highest BCUT2D eigenvalue weighted by molar-refractivity contribution is 5.10. The van der Waals surface area contributed by atoms with Crippen LogP contribution in [0.25, 0.3) is 0 Å². The Kier molecular flexibility index (Phi) is 61.5. The molecule has 0 fully saturated rings. The summed E-state index contributed by atoms with van der Waals surface area (Å²) in [6.45, 7) is 10.6. The van der Waals surface area contributed by atoms with Gasteiger partial charge in [0.1, 0.15) is 0 Å². The summed E-state index contributed by atoms with van der Waals surface area (Å²) < 4.78 is 0. The van der Waals surface area contributed by atoms with Crippen molar-refractivity contribution in [3.8, 4) is 0 Å². The number of rotatable bonds is 57. The van der Waals surface area contributed by atoms with Crippen LogP contribution in [0.3, 0.4) is 0 Å². The van der Waals surface area contributed by atoms with Gasteiger partial charge in [-0.05, 0) is 158 Å². The molecule has 0 spiro atoms. The minimum Gasteiger partial charge on any atom is -0.396 e. The second-order valence-electron chi connectivity index (χ2n) is 23.8.